The standard InChI is InChI=1S/C37H20F4N2OS/c1-42-27-13-4-5-15-31(27)44-32-18-29-23(16-30(32)42)19-8-2-3-12-26(19)43(29)28-14-7-10-21-20-9-6-11-22(36(20)45-37(21)28)33-34(40)24(38)17-25(39)35(33)41/h2-18H,1H3. The third-order valence-corrected chi connectivity index (χ3v) is 9.96. The number of hydrogen-bond acceptors (Lipinski definition) is 3. The highest BCUT2D eigenvalue weighted by molar-refractivity contribution is 7.26. The Balaban J connectivity index is 1.34. The molecule has 0 radical (unpaired) electrons. The van der Waals surface area contributed by atoms with Crippen LogP contribution in [0, 0.1) is 23.3 Å². The maximum Gasteiger partial charge on any atom is 0.169 e. The molecule has 1 aliphatic heterocycles. The number of fused-ring (bicyclic) bond motifs is 8. The second kappa shape index (κ2) is 9.33. The minimum absolute atomic E-state index is 0.0967. The van der Waals surface area contributed by atoms with Gasteiger partial charge in [0.15, 0.2) is 34.8 Å². The lowest BCUT2D eigenvalue weighted by atomic mass is 10.0. The largest absolute Gasteiger partial charge is 0.453 e. The Labute approximate surface area is 257 Å². The summed E-state index contributed by atoms with van der Waals surface area (Å²) in [6, 6.07) is 31.4. The van der Waals surface area contributed by atoms with Crippen molar-refractivity contribution in [1.29, 1.82) is 0 Å². The van der Waals surface area contributed by atoms with E-state index in [1.54, 1.807) is 6.07 Å². The number of nitrogens with zero attached hydrogens (tertiary/aromatic N) is 2. The summed E-state index contributed by atoms with van der Waals surface area (Å²) in [6.07, 6.45) is 0. The summed E-state index contributed by atoms with van der Waals surface area (Å²) in [6.45, 7) is 0. The van der Waals surface area contributed by atoms with Gasteiger partial charge in [-0.1, -0.05) is 60.7 Å². The first-order valence-corrected chi connectivity index (χ1v) is 15.1. The zero-order chi connectivity index (χ0) is 30.6. The quantitative estimate of drug-likeness (QED) is 0.142. The van der Waals surface area contributed by atoms with E-state index in [2.05, 4.69) is 33.7 Å². The van der Waals surface area contributed by atoms with Gasteiger partial charge >= 0.3 is 0 Å². The maximum absolute atomic E-state index is 15.0. The molecule has 3 heterocycles. The molecule has 0 fully saturated rings. The normalized spacial score (nSPS) is 12.7. The lowest BCUT2D eigenvalue weighted by molar-refractivity contribution is 0.458. The van der Waals surface area contributed by atoms with Crippen LogP contribution in [0.15, 0.2) is 103 Å². The summed E-state index contributed by atoms with van der Waals surface area (Å²) >= 11 is 1.34. The van der Waals surface area contributed by atoms with Crippen molar-refractivity contribution in [2.75, 3.05) is 11.9 Å². The summed E-state index contributed by atoms with van der Waals surface area (Å²) in [7, 11) is 2.02. The molecule has 3 nitrogen and oxygen atoms in total. The van der Waals surface area contributed by atoms with Crippen LogP contribution in [0.5, 0.6) is 11.5 Å². The molecule has 218 valence electrons. The van der Waals surface area contributed by atoms with Gasteiger partial charge in [0.2, 0.25) is 0 Å². The van der Waals surface area contributed by atoms with Crippen LogP contribution in [-0.2, 0) is 0 Å². The van der Waals surface area contributed by atoms with Crippen LogP contribution in [0.3, 0.4) is 0 Å². The van der Waals surface area contributed by atoms with Crippen molar-refractivity contribution in [3.8, 4) is 28.3 Å². The Morgan fingerprint density at radius 3 is 2.04 bits per heavy atom. The molecule has 0 spiro atoms. The summed E-state index contributed by atoms with van der Waals surface area (Å²) in [4.78, 5) is 2.13. The number of aromatic nitrogens is 1. The molecule has 2 aromatic heterocycles. The first-order chi connectivity index (χ1) is 21.9. The second-order valence-electron chi connectivity index (χ2n) is 11.1. The van der Waals surface area contributed by atoms with Gasteiger partial charge in [0.1, 0.15) is 0 Å². The summed E-state index contributed by atoms with van der Waals surface area (Å²) < 4.78 is 68.6. The molecule has 0 aliphatic carbocycles. The molecule has 8 heteroatoms. The van der Waals surface area contributed by atoms with E-state index in [9.17, 15) is 8.78 Å². The van der Waals surface area contributed by atoms with E-state index >= 15 is 8.78 Å². The molecule has 0 bridgehead atoms. The van der Waals surface area contributed by atoms with Gasteiger partial charge in [-0.3, -0.25) is 0 Å². The van der Waals surface area contributed by atoms with Gasteiger partial charge in [0.05, 0.1) is 38.4 Å². The lowest BCUT2D eigenvalue weighted by Gasteiger charge is -2.29. The SMILES string of the molecule is CN1c2ccccc2Oc2cc3c(cc21)c1ccccc1n3-c1cccc2c1sc1c(-c3c(F)c(F)cc(F)c3F)cccc12. The van der Waals surface area contributed by atoms with E-state index in [4.69, 9.17) is 4.74 Å². The monoisotopic (exact) mass is 616 g/mol. The number of thiophene rings is 1. The number of ether oxygens (including phenoxy) is 1. The number of benzene rings is 6. The zero-order valence-corrected chi connectivity index (χ0v) is 24.4. The molecule has 0 saturated heterocycles. The molecular formula is C37H20F4N2OS. The van der Waals surface area contributed by atoms with E-state index < -0.39 is 28.8 Å². The average Bonchev–Trinajstić information content (AvgIpc) is 3.59. The third-order valence-electron chi connectivity index (χ3n) is 8.69. The van der Waals surface area contributed by atoms with Gasteiger partial charge in [0.25, 0.3) is 0 Å². The minimum atomic E-state index is -1.44. The highest BCUT2D eigenvalue weighted by Gasteiger charge is 2.26. The third kappa shape index (κ3) is 3.57. The number of anilines is 2. The first-order valence-electron chi connectivity index (χ1n) is 14.3. The van der Waals surface area contributed by atoms with Gasteiger partial charge in [-0.15, -0.1) is 11.3 Å². The number of rotatable bonds is 2. The Kier molecular flexibility index (Phi) is 5.41. The van der Waals surface area contributed by atoms with Crippen LogP contribution in [0.1, 0.15) is 0 Å². The summed E-state index contributed by atoms with van der Waals surface area (Å²) in [5.41, 5.74) is 4.07. The number of halogens is 4. The van der Waals surface area contributed by atoms with Crippen molar-refractivity contribution in [3.05, 3.63) is 126 Å². The van der Waals surface area contributed by atoms with Crippen molar-refractivity contribution in [1.82, 2.24) is 4.57 Å². The molecule has 0 amide bonds. The fraction of sp³-hybridized carbons (Fsp3) is 0.0270. The predicted octanol–water partition coefficient (Wildman–Crippen LogP) is 11.2. The molecule has 0 saturated carbocycles. The molecule has 9 rings (SSSR count). The summed E-state index contributed by atoms with van der Waals surface area (Å²) in [5, 5.41) is 3.69. The van der Waals surface area contributed by atoms with E-state index in [-0.39, 0.29) is 11.6 Å². The highest BCUT2D eigenvalue weighted by atomic mass is 32.1. The van der Waals surface area contributed by atoms with Crippen molar-refractivity contribution >= 4 is 64.7 Å². The predicted molar refractivity (Wildman–Crippen MR) is 174 cm³/mol. The van der Waals surface area contributed by atoms with E-state index in [1.807, 2.05) is 67.7 Å². The van der Waals surface area contributed by atoms with Crippen LogP contribution in [0.4, 0.5) is 28.9 Å². The fourth-order valence-electron chi connectivity index (χ4n) is 6.64. The van der Waals surface area contributed by atoms with Gasteiger partial charge in [-0.25, -0.2) is 17.6 Å². The van der Waals surface area contributed by atoms with Gasteiger partial charge in [0, 0.05) is 51.0 Å². The topological polar surface area (TPSA) is 17.4 Å². The Hall–Kier alpha value is -5.34. The lowest BCUT2D eigenvalue weighted by Crippen LogP contribution is -2.15. The van der Waals surface area contributed by atoms with E-state index in [0.29, 0.717) is 4.70 Å². The van der Waals surface area contributed by atoms with Gasteiger partial charge in [-0.2, -0.15) is 0 Å². The van der Waals surface area contributed by atoms with Gasteiger partial charge in [-0.05, 0) is 30.3 Å². The Bertz CT molecular complexity index is 2530. The van der Waals surface area contributed by atoms with Gasteiger partial charge < -0.3 is 14.2 Å². The maximum atomic E-state index is 15.0. The molecule has 0 N–H and O–H groups in total. The molecule has 45 heavy (non-hydrogen) atoms. The molecule has 1 aliphatic rings. The van der Waals surface area contributed by atoms with Crippen molar-refractivity contribution in [2.45, 2.75) is 0 Å². The highest BCUT2D eigenvalue weighted by Crippen LogP contribution is 2.50. The number of para-hydroxylation sites is 3. The van der Waals surface area contributed by atoms with Crippen molar-refractivity contribution in [2.24, 2.45) is 0 Å². The second-order valence-corrected chi connectivity index (χ2v) is 12.1. The Morgan fingerprint density at radius 1 is 0.556 bits per heavy atom. The minimum Gasteiger partial charge on any atom is -0.453 e. The molecular weight excluding hydrogens is 596 g/mol. The first kappa shape index (κ1) is 26.1. The van der Waals surface area contributed by atoms with Crippen LogP contribution in [0.2, 0.25) is 0 Å². The fourth-order valence-corrected chi connectivity index (χ4v) is 7.97. The van der Waals surface area contributed by atoms with Crippen LogP contribution in [-0.4, -0.2) is 11.6 Å². The van der Waals surface area contributed by atoms with E-state index in [0.717, 1.165) is 65.8 Å². The van der Waals surface area contributed by atoms with Crippen LogP contribution < -0.4 is 9.64 Å². The van der Waals surface area contributed by atoms with E-state index in [1.165, 1.54) is 17.4 Å². The molecule has 0 unspecified atom stereocenters. The van der Waals surface area contributed by atoms with Crippen molar-refractivity contribution < 1.29 is 22.3 Å². The summed E-state index contributed by atoms with van der Waals surface area (Å²) in [5.74, 6) is -4.23. The molecule has 8 aromatic rings. The average molecular weight is 617 g/mol. The Morgan fingerprint density at radius 2 is 1.22 bits per heavy atom. The molecule has 0 atom stereocenters. The number of hydrogen-bond donors (Lipinski definition) is 0. The molecule has 6 aromatic carbocycles. The zero-order valence-electron chi connectivity index (χ0n) is 23.5. The smallest absolute Gasteiger partial charge is 0.169 e. The van der Waals surface area contributed by atoms with Crippen LogP contribution >= 0.6 is 11.3 Å². The van der Waals surface area contributed by atoms with Crippen LogP contribution in [0.25, 0.3) is 58.8 Å². The van der Waals surface area contributed by atoms with Crippen molar-refractivity contribution in [3.63, 3.8) is 0 Å².